The zero-order valence-electron chi connectivity index (χ0n) is 18.5. The highest BCUT2D eigenvalue weighted by Gasteiger charge is 2.23. The maximum atomic E-state index is 4.71. The van der Waals surface area contributed by atoms with E-state index in [2.05, 4.69) is 70.0 Å². The first-order valence-corrected chi connectivity index (χ1v) is 12.1. The molecule has 6 rings (SSSR count). The first-order valence-electron chi connectivity index (χ1n) is 12.1. The molecular formula is C28H30N4. The van der Waals surface area contributed by atoms with Crippen LogP contribution in [0.15, 0.2) is 65.9 Å². The van der Waals surface area contributed by atoms with Crippen molar-refractivity contribution in [2.75, 3.05) is 6.54 Å². The number of H-pyrrole nitrogens is 1. The first-order chi connectivity index (χ1) is 15.8. The van der Waals surface area contributed by atoms with Crippen molar-refractivity contribution in [1.82, 2.24) is 15.3 Å². The molecule has 2 aliphatic heterocycles. The lowest BCUT2D eigenvalue weighted by Crippen LogP contribution is -2.29. The Hall–Kier alpha value is -2.98. The number of aromatic nitrogens is 2. The highest BCUT2D eigenvalue weighted by atomic mass is 15.0. The van der Waals surface area contributed by atoms with Gasteiger partial charge in [0.1, 0.15) is 5.82 Å². The molecule has 1 aliphatic carbocycles. The van der Waals surface area contributed by atoms with Crippen LogP contribution in [0.2, 0.25) is 0 Å². The molecule has 2 aromatic carbocycles. The molecule has 0 radical (unpaired) electrons. The second kappa shape index (κ2) is 8.51. The Kier molecular flexibility index (Phi) is 5.24. The number of aliphatic imine (C=N–C) groups is 1. The smallest absolute Gasteiger partial charge is 0.109 e. The van der Waals surface area contributed by atoms with Crippen molar-refractivity contribution in [2.24, 2.45) is 4.99 Å². The van der Waals surface area contributed by atoms with Crippen molar-refractivity contribution in [3.05, 3.63) is 72.3 Å². The largest absolute Gasteiger partial charge is 0.342 e. The van der Waals surface area contributed by atoms with Crippen molar-refractivity contribution in [2.45, 2.75) is 56.9 Å². The van der Waals surface area contributed by atoms with E-state index in [4.69, 9.17) is 4.99 Å². The van der Waals surface area contributed by atoms with Gasteiger partial charge < -0.3 is 10.3 Å². The van der Waals surface area contributed by atoms with Crippen LogP contribution in [0.4, 0.5) is 0 Å². The molecular weight excluding hydrogens is 392 g/mol. The molecule has 4 nitrogen and oxygen atoms in total. The highest BCUT2D eigenvalue weighted by molar-refractivity contribution is 6.01. The molecule has 0 bridgehead atoms. The highest BCUT2D eigenvalue weighted by Crippen LogP contribution is 2.34. The summed E-state index contributed by atoms with van der Waals surface area (Å²) in [6.07, 6.45) is 12.7. The van der Waals surface area contributed by atoms with Crippen molar-refractivity contribution < 1.29 is 0 Å². The fraction of sp³-hybridized carbons (Fsp3) is 0.357. The summed E-state index contributed by atoms with van der Waals surface area (Å²) in [5, 5.41) is 3.56. The molecule has 1 saturated heterocycles. The molecule has 3 heterocycles. The fourth-order valence-corrected chi connectivity index (χ4v) is 5.42. The number of aromatic amines is 1. The maximum Gasteiger partial charge on any atom is 0.109 e. The average Bonchev–Trinajstić information content (AvgIpc) is 3.66. The van der Waals surface area contributed by atoms with E-state index in [1.807, 2.05) is 6.20 Å². The number of imidazole rings is 1. The van der Waals surface area contributed by atoms with E-state index in [-0.39, 0.29) is 0 Å². The van der Waals surface area contributed by atoms with E-state index in [1.165, 1.54) is 72.1 Å². The van der Waals surface area contributed by atoms with Gasteiger partial charge in [0.15, 0.2) is 0 Å². The minimum Gasteiger partial charge on any atom is -0.342 e. The normalized spacial score (nSPS) is 21.2. The molecule has 3 aromatic rings. The van der Waals surface area contributed by atoms with Gasteiger partial charge >= 0.3 is 0 Å². The van der Waals surface area contributed by atoms with Crippen molar-refractivity contribution in [1.29, 1.82) is 0 Å². The van der Waals surface area contributed by atoms with Gasteiger partial charge in [-0.3, -0.25) is 4.99 Å². The number of benzene rings is 2. The lowest BCUT2D eigenvalue weighted by Gasteiger charge is -2.11. The van der Waals surface area contributed by atoms with E-state index < -0.39 is 0 Å². The van der Waals surface area contributed by atoms with Gasteiger partial charge in [0, 0.05) is 30.3 Å². The van der Waals surface area contributed by atoms with Crippen LogP contribution in [0, 0.1) is 0 Å². The summed E-state index contributed by atoms with van der Waals surface area (Å²) in [4.78, 5) is 12.9. The number of hydrogen-bond acceptors (Lipinski definition) is 3. The van der Waals surface area contributed by atoms with Crippen molar-refractivity contribution in [3.63, 3.8) is 0 Å². The van der Waals surface area contributed by atoms with Gasteiger partial charge in [-0.1, -0.05) is 61.4 Å². The zero-order valence-corrected chi connectivity index (χ0v) is 18.5. The SMILES string of the molecule is C1=C(c2ccc(-c3ccc(-c4cnc(C5CCCC5)[nH]4)cc3)cc2)CC([C@H]2CCCN2)=N1. The number of hydrogen-bond donors (Lipinski definition) is 2. The van der Waals surface area contributed by atoms with Gasteiger partial charge in [-0.05, 0) is 60.1 Å². The molecule has 32 heavy (non-hydrogen) atoms. The van der Waals surface area contributed by atoms with Gasteiger partial charge in [0.25, 0.3) is 0 Å². The molecule has 0 spiro atoms. The third-order valence-corrected chi connectivity index (χ3v) is 7.34. The lowest BCUT2D eigenvalue weighted by molar-refractivity contribution is 0.679. The Morgan fingerprint density at radius 3 is 2.12 bits per heavy atom. The third-order valence-electron chi connectivity index (χ3n) is 7.34. The summed E-state index contributed by atoms with van der Waals surface area (Å²) in [5.74, 6) is 1.78. The summed E-state index contributed by atoms with van der Waals surface area (Å²) >= 11 is 0. The van der Waals surface area contributed by atoms with Crippen LogP contribution >= 0.6 is 0 Å². The molecule has 2 fully saturated rings. The fourth-order valence-electron chi connectivity index (χ4n) is 5.42. The summed E-state index contributed by atoms with van der Waals surface area (Å²) in [6.45, 7) is 1.12. The summed E-state index contributed by atoms with van der Waals surface area (Å²) in [7, 11) is 0. The third kappa shape index (κ3) is 3.84. The monoisotopic (exact) mass is 422 g/mol. The van der Waals surface area contributed by atoms with Crippen LogP contribution in [0.5, 0.6) is 0 Å². The van der Waals surface area contributed by atoms with Gasteiger partial charge in [-0.25, -0.2) is 4.98 Å². The maximum absolute atomic E-state index is 4.71. The van der Waals surface area contributed by atoms with Crippen LogP contribution in [0.25, 0.3) is 28.0 Å². The van der Waals surface area contributed by atoms with E-state index in [0.29, 0.717) is 12.0 Å². The van der Waals surface area contributed by atoms with E-state index in [9.17, 15) is 0 Å². The van der Waals surface area contributed by atoms with Crippen LogP contribution in [-0.4, -0.2) is 28.3 Å². The second-order valence-electron chi connectivity index (χ2n) is 9.42. The van der Waals surface area contributed by atoms with E-state index in [1.54, 1.807) is 0 Å². The summed E-state index contributed by atoms with van der Waals surface area (Å²) in [6, 6.07) is 18.2. The molecule has 3 aliphatic rings. The topological polar surface area (TPSA) is 53.1 Å². The molecule has 1 saturated carbocycles. The molecule has 0 amide bonds. The molecule has 1 aromatic heterocycles. The average molecular weight is 423 g/mol. The Bertz CT molecular complexity index is 1140. The molecule has 2 N–H and O–H groups in total. The molecule has 4 heteroatoms. The van der Waals surface area contributed by atoms with Crippen LogP contribution in [-0.2, 0) is 0 Å². The predicted octanol–water partition coefficient (Wildman–Crippen LogP) is 6.34. The predicted molar refractivity (Wildman–Crippen MR) is 132 cm³/mol. The van der Waals surface area contributed by atoms with Crippen LogP contribution in [0.1, 0.15) is 62.3 Å². The first kappa shape index (κ1) is 19.7. The van der Waals surface area contributed by atoms with Crippen molar-refractivity contribution >= 4 is 11.3 Å². The van der Waals surface area contributed by atoms with Gasteiger partial charge in [-0.2, -0.15) is 0 Å². The minimum atomic E-state index is 0.477. The number of nitrogens with zero attached hydrogens (tertiary/aromatic N) is 2. The second-order valence-corrected chi connectivity index (χ2v) is 9.42. The summed E-state index contributed by atoms with van der Waals surface area (Å²) < 4.78 is 0. The number of nitrogens with one attached hydrogen (secondary N) is 2. The molecule has 162 valence electrons. The molecule has 0 unspecified atom stereocenters. The number of allylic oxidation sites excluding steroid dienone is 1. The Morgan fingerprint density at radius 2 is 1.44 bits per heavy atom. The zero-order chi connectivity index (χ0) is 21.3. The lowest BCUT2D eigenvalue weighted by atomic mass is 9.96. The van der Waals surface area contributed by atoms with Gasteiger partial charge in [-0.15, -0.1) is 0 Å². The quantitative estimate of drug-likeness (QED) is 0.504. The van der Waals surface area contributed by atoms with Crippen LogP contribution in [0.3, 0.4) is 0 Å². The standard InChI is InChI=1S/C28H30N4/c1-2-5-23(4-1)28-31-18-27(32-28)22-13-11-20(12-14-22)19-7-9-21(10-8-19)24-16-26(30-17-24)25-6-3-15-29-25/h7-14,17-18,23,25,29H,1-6,15-16H2,(H,31,32)/t25-/m1/s1. The Morgan fingerprint density at radius 1 is 0.750 bits per heavy atom. The van der Waals surface area contributed by atoms with Crippen molar-refractivity contribution in [3.8, 4) is 22.4 Å². The Balaban J connectivity index is 1.13. The van der Waals surface area contributed by atoms with E-state index >= 15 is 0 Å². The van der Waals surface area contributed by atoms with Gasteiger partial charge in [0.05, 0.1) is 11.9 Å². The van der Waals surface area contributed by atoms with Crippen LogP contribution < -0.4 is 5.32 Å². The van der Waals surface area contributed by atoms with Gasteiger partial charge in [0.2, 0.25) is 0 Å². The minimum absolute atomic E-state index is 0.477. The number of rotatable bonds is 5. The Labute approximate surface area is 189 Å². The van der Waals surface area contributed by atoms with E-state index in [0.717, 1.165) is 24.5 Å². The molecule has 1 atom stereocenters. The summed E-state index contributed by atoms with van der Waals surface area (Å²) in [5.41, 5.74) is 8.70.